The lowest BCUT2D eigenvalue weighted by molar-refractivity contribution is -0.660. The van der Waals surface area contributed by atoms with Crippen LogP contribution in [0.1, 0.15) is 5.56 Å². The molecular weight excluding hydrogens is 433 g/mol. The van der Waals surface area contributed by atoms with E-state index in [1.165, 1.54) is 43.7 Å². The number of hydrogen-bond donors (Lipinski definition) is 0. The minimum atomic E-state index is -2.24. The van der Waals surface area contributed by atoms with Crippen LogP contribution in [0.2, 0.25) is 13.1 Å². The molecule has 0 amide bonds. The van der Waals surface area contributed by atoms with E-state index in [9.17, 15) is 0 Å². The first-order valence-corrected chi connectivity index (χ1v) is 14.8. The zero-order chi connectivity index (χ0) is 23.6. The molecule has 0 atom stereocenters. The largest absolute Gasteiger partial charge is 0.212 e. The molecular formula is C31H27FNSi+. The van der Waals surface area contributed by atoms with Gasteiger partial charge in [0, 0.05) is 23.3 Å². The minimum Gasteiger partial charge on any atom is -0.206 e. The Morgan fingerprint density at radius 2 is 1.38 bits per heavy atom. The first-order chi connectivity index (χ1) is 16.4. The van der Waals surface area contributed by atoms with Crippen LogP contribution in [-0.2, 0) is 7.05 Å². The van der Waals surface area contributed by atoms with Gasteiger partial charge in [-0.15, -0.1) is 0 Å². The van der Waals surface area contributed by atoms with Gasteiger partial charge in [-0.2, -0.15) is 0 Å². The molecule has 34 heavy (non-hydrogen) atoms. The maximum Gasteiger partial charge on any atom is 0.212 e. The van der Waals surface area contributed by atoms with E-state index < -0.39 is 8.07 Å². The van der Waals surface area contributed by atoms with Crippen molar-refractivity contribution in [2.75, 3.05) is 0 Å². The summed E-state index contributed by atoms with van der Waals surface area (Å²) in [6, 6.07) is 29.1. The number of nitrogens with zero attached hydrogens (tertiary/aromatic N) is 1. The highest BCUT2D eigenvalue weighted by Gasteiger charge is 2.43. The Balaban J connectivity index is 1.67. The smallest absolute Gasteiger partial charge is 0.206 e. The van der Waals surface area contributed by atoms with E-state index in [2.05, 4.69) is 98.5 Å². The molecule has 0 saturated carbocycles. The fraction of sp³-hybridized carbons (Fsp3) is 0.129. The van der Waals surface area contributed by atoms with Crippen molar-refractivity contribution in [3.8, 4) is 33.5 Å². The monoisotopic (exact) mass is 460 g/mol. The van der Waals surface area contributed by atoms with Crippen LogP contribution < -0.4 is 14.9 Å². The van der Waals surface area contributed by atoms with Crippen molar-refractivity contribution in [2.24, 2.45) is 7.05 Å². The highest BCUT2D eigenvalue weighted by Crippen LogP contribution is 2.39. The van der Waals surface area contributed by atoms with E-state index in [1.54, 1.807) is 6.07 Å². The van der Waals surface area contributed by atoms with Gasteiger partial charge in [0.25, 0.3) is 0 Å². The van der Waals surface area contributed by atoms with Gasteiger partial charge < -0.3 is 0 Å². The first kappa shape index (κ1) is 21.0. The van der Waals surface area contributed by atoms with Gasteiger partial charge in [0.05, 0.1) is 0 Å². The van der Waals surface area contributed by atoms with Crippen LogP contribution in [0.5, 0.6) is 0 Å². The van der Waals surface area contributed by atoms with Crippen LogP contribution in [0.4, 0.5) is 4.39 Å². The number of aryl methyl sites for hydroxylation is 2. The molecule has 5 aromatic rings. The van der Waals surface area contributed by atoms with Crippen molar-refractivity contribution in [1.82, 2.24) is 0 Å². The highest BCUT2D eigenvalue weighted by atomic mass is 28.3. The number of fused-ring (bicyclic) bond motifs is 4. The summed E-state index contributed by atoms with van der Waals surface area (Å²) in [4.78, 5) is 0. The Morgan fingerprint density at radius 3 is 2.15 bits per heavy atom. The molecule has 0 aliphatic carbocycles. The van der Waals surface area contributed by atoms with Gasteiger partial charge in [0.1, 0.15) is 20.9 Å². The van der Waals surface area contributed by atoms with Gasteiger partial charge in [0.15, 0.2) is 6.20 Å². The predicted molar refractivity (Wildman–Crippen MR) is 143 cm³/mol. The van der Waals surface area contributed by atoms with E-state index in [0.29, 0.717) is 0 Å². The molecule has 0 bridgehead atoms. The second-order valence-corrected chi connectivity index (χ2v) is 14.2. The summed E-state index contributed by atoms with van der Waals surface area (Å²) in [5, 5.41) is 4.94. The molecule has 3 heteroatoms. The molecule has 1 aliphatic rings. The van der Waals surface area contributed by atoms with Gasteiger partial charge in [-0.05, 0) is 68.5 Å². The molecule has 2 heterocycles. The van der Waals surface area contributed by atoms with Crippen LogP contribution in [-0.4, -0.2) is 8.07 Å². The van der Waals surface area contributed by atoms with E-state index in [4.69, 9.17) is 0 Å². The zero-order valence-corrected chi connectivity index (χ0v) is 21.0. The summed E-state index contributed by atoms with van der Waals surface area (Å²) >= 11 is 0. The van der Waals surface area contributed by atoms with Crippen molar-refractivity contribution >= 4 is 29.2 Å². The molecule has 0 N–H and O–H groups in total. The Bertz CT molecular complexity index is 1620. The summed E-state index contributed by atoms with van der Waals surface area (Å²) in [6.07, 6.45) is 2.10. The summed E-state index contributed by atoms with van der Waals surface area (Å²) in [7, 11) is -0.141. The maximum absolute atomic E-state index is 15.7. The number of rotatable bonds is 2. The topological polar surface area (TPSA) is 3.88 Å². The third kappa shape index (κ3) is 2.93. The SMILES string of the molecule is Cc1ccc2c(c1-c1cccc[n+]1C)[Si](C)(C)c1c-2ccc(F)c1-c1ccc2ccccc2c1. The Labute approximate surface area is 201 Å². The van der Waals surface area contributed by atoms with Crippen molar-refractivity contribution in [1.29, 1.82) is 0 Å². The molecule has 1 aromatic heterocycles. The summed E-state index contributed by atoms with van der Waals surface area (Å²) in [5.74, 6) is -0.133. The Kier molecular flexibility index (Phi) is 4.62. The van der Waals surface area contributed by atoms with Crippen LogP contribution in [0, 0.1) is 12.7 Å². The average Bonchev–Trinajstić information content (AvgIpc) is 3.06. The third-order valence-corrected chi connectivity index (χ3v) is 11.0. The predicted octanol–water partition coefficient (Wildman–Crippen LogP) is 6.25. The molecule has 6 rings (SSSR count). The second-order valence-electron chi connectivity index (χ2n) is 9.91. The molecule has 4 aromatic carbocycles. The number of aromatic nitrogens is 1. The molecule has 1 aliphatic heterocycles. The third-order valence-electron chi connectivity index (χ3n) is 7.46. The van der Waals surface area contributed by atoms with Crippen LogP contribution in [0.3, 0.4) is 0 Å². The molecule has 0 unspecified atom stereocenters. The van der Waals surface area contributed by atoms with Gasteiger partial charge in [-0.3, -0.25) is 0 Å². The summed E-state index contributed by atoms with van der Waals surface area (Å²) < 4.78 is 17.9. The first-order valence-electron chi connectivity index (χ1n) is 11.8. The molecule has 0 spiro atoms. The molecule has 0 saturated heterocycles. The summed E-state index contributed by atoms with van der Waals surface area (Å²) in [5.41, 5.74) is 7.97. The number of pyridine rings is 1. The van der Waals surface area contributed by atoms with Crippen LogP contribution >= 0.6 is 0 Å². The standard InChI is InChI=1S/C31H27FNSi/c1-20-12-15-24-25-16-17-26(32)29(23-14-13-21-9-5-6-10-22(21)19-23)31(25)34(3,4)30(24)28(20)27-11-7-8-18-33(27)2/h5-19H,1-4H3/q+1. The van der Waals surface area contributed by atoms with Crippen molar-refractivity contribution in [2.45, 2.75) is 20.0 Å². The number of benzene rings is 4. The zero-order valence-electron chi connectivity index (χ0n) is 20.0. The normalized spacial score (nSPS) is 13.7. The lowest BCUT2D eigenvalue weighted by Gasteiger charge is -2.25. The number of hydrogen-bond acceptors (Lipinski definition) is 0. The Morgan fingerprint density at radius 1 is 0.706 bits per heavy atom. The van der Waals surface area contributed by atoms with E-state index in [0.717, 1.165) is 16.5 Å². The van der Waals surface area contributed by atoms with Crippen LogP contribution in [0.15, 0.2) is 91.1 Å². The van der Waals surface area contributed by atoms with Gasteiger partial charge in [0.2, 0.25) is 5.69 Å². The van der Waals surface area contributed by atoms with Crippen molar-refractivity contribution in [3.63, 3.8) is 0 Å². The van der Waals surface area contributed by atoms with E-state index in [-0.39, 0.29) is 5.82 Å². The van der Waals surface area contributed by atoms with Gasteiger partial charge in [-0.1, -0.05) is 67.7 Å². The maximum atomic E-state index is 15.7. The Hall–Kier alpha value is -3.56. The molecule has 0 fully saturated rings. The molecule has 1 nitrogen and oxygen atoms in total. The highest BCUT2D eigenvalue weighted by molar-refractivity contribution is 7.05. The average molecular weight is 461 g/mol. The molecule has 166 valence electrons. The number of halogens is 1. The van der Waals surface area contributed by atoms with Gasteiger partial charge in [-0.25, -0.2) is 8.96 Å². The fourth-order valence-electron chi connectivity index (χ4n) is 5.90. The van der Waals surface area contributed by atoms with Crippen LogP contribution in [0.25, 0.3) is 44.3 Å². The van der Waals surface area contributed by atoms with E-state index in [1.807, 2.05) is 18.2 Å². The fourth-order valence-corrected chi connectivity index (χ4v) is 9.77. The quantitative estimate of drug-likeness (QED) is 0.217. The van der Waals surface area contributed by atoms with E-state index >= 15 is 4.39 Å². The molecule has 0 radical (unpaired) electrons. The summed E-state index contributed by atoms with van der Waals surface area (Å²) in [6.45, 7) is 6.96. The van der Waals surface area contributed by atoms with Crippen molar-refractivity contribution in [3.05, 3.63) is 103 Å². The lowest BCUT2D eigenvalue weighted by Crippen LogP contribution is -2.52. The minimum absolute atomic E-state index is 0.133. The van der Waals surface area contributed by atoms with Gasteiger partial charge >= 0.3 is 0 Å². The van der Waals surface area contributed by atoms with Crippen molar-refractivity contribution < 1.29 is 8.96 Å². The lowest BCUT2D eigenvalue weighted by atomic mass is 9.94. The second kappa shape index (κ2) is 7.47.